The monoisotopic (exact) mass is 286 g/mol. The predicted octanol–water partition coefficient (Wildman–Crippen LogP) is 3.19. The van der Waals surface area contributed by atoms with Gasteiger partial charge in [0.15, 0.2) is 5.16 Å². The summed E-state index contributed by atoms with van der Waals surface area (Å²) in [4.78, 5) is 12.9. The Labute approximate surface area is 119 Å². The molecule has 6 heteroatoms. The third-order valence-electron chi connectivity index (χ3n) is 2.79. The van der Waals surface area contributed by atoms with Gasteiger partial charge in [-0.2, -0.15) is 0 Å². The van der Waals surface area contributed by atoms with Crippen LogP contribution in [0.5, 0.6) is 0 Å². The molecule has 2 heterocycles. The van der Waals surface area contributed by atoms with Crippen molar-refractivity contribution in [1.29, 1.82) is 0 Å². The van der Waals surface area contributed by atoms with E-state index in [4.69, 9.17) is 0 Å². The van der Waals surface area contributed by atoms with Crippen molar-refractivity contribution in [2.45, 2.75) is 5.16 Å². The summed E-state index contributed by atoms with van der Waals surface area (Å²) in [6.45, 7) is 0. The van der Waals surface area contributed by atoms with Crippen molar-refractivity contribution in [1.82, 2.24) is 19.5 Å². The maximum absolute atomic E-state index is 13.0. The van der Waals surface area contributed by atoms with Gasteiger partial charge in [0.1, 0.15) is 17.5 Å². The SMILES string of the molecule is CSc1nccc(-n2ccnc2-c2ccc(F)cc2)n1. The van der Waals surface area contributed by atoms with Crippen LogP contribution in [0.4, 0.5) is 4.39 Å². The zero-order valence-electron chi connectivity index (χ0n) is 10.7. The molecule has 0 aliphatic rings. The molecular formula is C14H11FN4S. The number of rotatable bonds is 3. The van der Waals surface area contributed by atoms with E-state index in [-0.39, 0.29) is 5.82 Å². The molecule has 100 valence electrons. The van der Waals surface area contributed by atoms with Gasteiger partial charge in [0, 0.05) is 24.2 Å². The van der Waals surface area contributed by atoms with E-state index < -0.39 is 0 Å². The minimum Gasteiger partial charge on any atom is -0.284 e. The highest BCUT2D eigenvalue weighted by Gasteiger charge is 2.09. The van der Waals surface area contributed by atoms with Gasteiger partial charge >= 0.3 is 0 Å². The standard InChI is InChI=1S/C14H11FN4S/c1-20-14-17-7-6-12(18-14)19-9-8-16-13(19)10-2-4-11(15)5-3-10/h2-9H,1H3. The molecular weight excluding hydrogens is 275 g/mol. The van der Waals surface area contributed by atoms with E-state index in [1.54, 1.807) is 24.5 Å². The molecule has 3 aromatic rings. The van der Waals surface area contributed by atoms with Crippen LogP contribution in [-0.2, 0) is 0 Å². The van der Waals surface area contributed by atoms with E-state index in [2.05, 4.69) is 15.0 Å². The first-order valence-corrected chi connectivity index (χ1v) is 7.17. The van der Waals surface area contributed by atoms with Crippen LogP contribution >= 0.6 is 11.8 Å². The van der Waals surface area contributed by atoms with Crippen LogP contribution in [-0.4, -0.2) is 25.8 Å². The van der Waals surface area contributed by atoms with Gasteiger partial charge in [0.2, 0.25) is 0 Å². The molecule has 0 amide bonds. The first-order chi connectivity index (χ1) is 9.78. The van der Waals surface area contributed by atoms with Crippen molar-refractivity contribution >= 4 is 11.8 Å². The Hall–Kier alpha value is -2.21. The molecule has 0 aliphatic carbocycles. The fourth-order valence-corrected chi connectivity index (χ4v) is 2.22. The summed E-state index contributed by atoms with van der Waals surface area (Å²) in [6, 6.07) is 8.05. The smallest absolute Gasteiger partial charge is 0.189 e. The van der Waals surface area contributed by atoms with E-state index in [9.17, 15) is 4.39 Å². The van der Waals surface area contributed by atoms with Crippen LogP contribution in [0.2, 0.25) is 0 Å². The van der Waals surface area contributed by atoms with Crippen LogP contribution in [0.15, 0.2) is 54.1 Å². The molecule has 0 saturated heterocycles. The molecule has 0 bridgehead atoms. The molecule has 3 rings (SSSR count). The Balaban J connectivity index is 2.07. The lowest BCUT2D eigenvalue weighted by atomic mass is 10.2. The van der Waals surface area contributed by atoms with Gasteiger partial charge in [0.25, 0.3) is 0 Å². The molecule has 1 aromatic carbocycles. The van der Waals surface area contributed by atoms with Gasteiger partial charge in [-0.05, 0) is 36.6 Å². The minimum atomic E-state index is -0.265. The zero-order valence-corrected chi connectivity index (χ0v) is 11.5. The highest BCUT2D eigenvalue weighted by Crippen LogP contribution is 2.21. The molecule has 0 fully saturated rings. The number of nitrogens with zero attached hydrogens (tertiary/aromatic N) is 4. The second-order valence-electron chi connectivity index (χ2n) is 4.03. The summed E-state index contributed by atoms with van der Waals surface area (Å²) in [5.41, 5.74) is 0.834. The highest BCUT2D eigenvalue weighted by molar-refractivity contribution is 7.98. The highest BCUT2D eigenvalue weighted by atomic mass is 32.2. The van der Waals surface area contributed by atoms with Gasteiger partial charge in [-0.3, -0.25) is 4.57 Å². The maximum atomic E-state index is 13.0. The Kier molecular flexibility index (Phi) is 3.47. The van der Waals surface area contributed by atoms with E-state index in [1.807, 2.05) is 23.1 Å². The topological polar surface area (TPSA) is 43.6 Å². The Bertz CT molecular complexity index is 724. The summed E-state index contributed by atoms with van der Waals surface area (Å²) in [5.74, 6) is 1.19. The summed E-state index contributed by atoms with van der Waals surface area (Å²) in [5, 5.41) is 0.696. The number of imidazole rings is 1. The Morgan fingerprint density at radius 3 is 2.60 bits per heavy atom. The van der Waals surface area contributed by atoms with E-state index in [0.29, 0.717) is 5.16 Å². The average Bonchev–Trinajstić information content (AvgIpc) is 2.97. The maximum Gasteiger partial charge on any atom is 0.189 e. The summed E-state index contributed by atoms with van der Waals surface area (Å²) in [7, 11) is 0. The van der Waals surface area contributed by atoms with Gasteiger partial charge in [-0.15, -0.1) is 0 Å². The number of aromatic nitrogens is 4. The predicted molar refractivity (Wildman–Crippen MR) is 76.3 cm³/mol. The second kappa shape index (κ2) is 5.42. The van der Waals surface area contributed by atoms with Gasteiger partial charge < -0.3 is 0 Å². The lowest BCUT2D eigenvalue weighted by Crippen LogP contribution is -2.00. The molecule has 4 nitrogen and oxygen atoms in total. The molecule has 0 atom stereocenters. The quantitative estimate of drug-likeness (QED) is 0.548. The molecule has 0 N–H and O–H groups in total. The van der Waals surface area contributed by atoms with Crippen LogP contribution in [0.25, 0.3) is 17.2 Å². The van der Waals surface area contributed by atoms with Crippen molar-refractivity contribution < 1.29 is 4.39 Å². The van der Waals surface area contributed by atoms with Crippen molar-refractivity contribution in [3.05, 3.63) is 54.7 Å². The second-order valence-corrected chi connectivity index (χ2v) is 4.80. The van der Waals surface area contributed by atoms with Crippen molar-refractivity contribution in [3.63, 3.8) is 0 Å². The third-order valence-corrected chi connectivity index (χ3v) is 3.35. The summed E-state index contributed by atoms with van der Waals surface area (Å²) in [6.07, 6.45) is 7.15. The number of hydrogen-bond donors (Lipinski definition) is 0. The number of thioether (sulfide) groups is 1. The number of halogens is 1. The fraction of sp³-hybridized carbons (Fsp3) is 0.0714. The molecule has 0 unspecified atom stereocenters. The van der Waals surface area contributed by atoms with Crippen molar-refractivity contribution in [2.24, 2.45) is 0 Å². The number of hydrogen-bond acceptors (Lipinski definition) is 4. The van der Waals surface area contributed by atoms with Gasteiger partial charge in [-0.1, -0.05) is 11.8 Å². The van der Waals surface area contributed by atoms with Gasteiger partial charge in [0.05, 0.1) is 0 Å². The van der Waals surface area contributed by atoms with Crippen LogP contribution in [0.3, 0.4) is 0 Å². The Morgan fingerprint density at radius 1 is 1.05 bits per heavy atom. The first-order valence-electron chi connectivity index (χ1n) is 5.94. The van der Waals surface area contributed by atoms with Gasteiger partial charge in [-0.25, -0.2) is 19.3 Å². The molecule has 0 saturated carbocycles. The van der Waals surface area contributed by atoms with E-state index >= 15 is 0 Å². The summed E-state index contributed by atoms with van der Waals surface area (Å²) >= 11 is 1.48. The Morgan fingerprint density at radius 2 is 1.85 bits per heavy atom. The molecule has 0 aliphatic heterocycles. The van der Waals surface area contributed by atoms with Crippen LogP contribution in [0.1, 0.15) is 0 Å². The summed E-state index contributed by atoms with van der Waals surface area (Å²) < 4.78 is 14.9. The molecule has 20 heavy (non-hydrogen) atoms. The van der Waals surface area contributed by atoms with Crippen LogP contribution in [0, 0.1) is 5.82 Å². The van der Waals surface area contributed by atoms with E-state index in [1.165, 1.54) is 23.9 Å². The van der Waals surface area contributed by atoms with Crippen molar-refractivity contribution in [2.75, 3.05) is 6.26 Å². The van der Waals surface area contributed by atoms with Crippen molar-refractivity contribution in [3.8, 4) is 17.2 Å². The molecule has 0 radical (unpaired) electrons. The molecule has 2 aromatic heterocycles. The normalized spacial score (nSPS) is 10.7. The average molecular weight is 286 g/mol. The lowest BCUT2D eigenvalue weighted by molar-refractivity contribution is 0.628. The number of benzene rings is 1. The largest absolute Gasteiger partial charge is 0.284 e. The first kappa shape index (κ1) is 12.8. The third kappa shape index (κ3) is 2.42. The zero-order chi connectivity index (χ0) is 13.9. The molecule has 0 spiro atoms. The lowest BCUT2D eigenvalue weighted by Gasteiger charge is -2.07. The van der Waals surface area contributed by atoms with Crippen LogP contribution < -0.4 is 0 Å². The van der Waals surface area contributed by atoms with E-state index in [0.717, 1.165) is 17.2 Å². The fourth-order valence-electron chi connectivity index (χ4n) is 1.87. The minimum absolute atomic E-state index is 0.265.